The van der Waals surface area contributed by atoms with Crippen LogP contribution in [-0.4, -0.2) is 45.0 Å². The topological polar surface area (TPSA) is 91.7 Å². The van der Waals surface area contributed by atoms with Crippen LogP contribution >= 0.6 is 0 Å². The molecule has 0 aliphatic carbocycles. The van der Waals surface area contributed by atoms with E-state index in [-0.39, 0.29) is 11.9 Å². The maximum atomic E-state index is 12.8. The number of hydrogen-bond acceptors (Lipinski definition) is 5. The fourth-order valence-electron chi connectivity index (χ4n) is 3.35. The first kappa shape index (κ1) is 19.6. The van der Waals surface area contributed by atoms with Crippen LogP contribution in [0.3, 0.4) is 0 Å². The van der Waals surface area contributed by atoms with Crippen molar-refractivity contribution in [1.29, 1.82) is 0 Å². The molecule has 0 unspecified atom stereocenters. The lowest BCUT2D eigenvalue weighted by Crippen LogP contribution is -2.27. The van der Waals surface area contributed by atoms with E-state index >= 15 is 0 Å². The normalized spacial score (nSPS) is 12.1. The van der Waals surface area contributed by atoms with Crippen LogP contribution in [0, 0.1) is 13.8 Å². The van der Waals surface area contributed by atoms with Crippen LogP contribution in [0.1, 0.15) is 47.2 Å². The van der Waals surface area contributed by atoms with Crippen LogP contribution in [0.5, 0.6) is 0 Å². The van der Waals surface area contributed by atoms with E-state index in [0.717, 1.165) is 35.0 Å². The minimum Gasteiger partial charge on any atom is -0.347 e. The molecule has 2 heterocycles. The van der Waals surface area contributed by atoms with E-state index in [2.05, 4.69) is 25.6 Å². The monoisotopic (exact) mass is 381 g/mol. The number of anilines is 1. The van der Waals surface area contributed by atoms with Gasteiger partial charge in [0.15, 0.2) is 5.82 Å². The highest BCUT2D eigenvalue weighted by Gasteiger charge is 2.18. The molecule has 0 radical (unpaired) electrons. The second kappa shape index (κ2) is 7.84. The molecule has 2 aromatic heterocycles. The number of aryl methyl sites for hydroxylation is 3. The maximum Gasteiger partial charge on any atom is 0.251 e. The number of nitrogens with one attached hydrogen (secondary N) is 2. The highest BCUT2D eigenvalue weighted by Crippen LogP contribution is 2.22. The van der Waals surface area contributed by atoms with E-state index in [1.807, 2.05) is 69.6 Å². The Morgan fingerprint density at radius 1 is 1.32 bits per heavy atom. The summed E-state index contributed by atoms with van der Waals surface area (Å²) in [6.07, 6.45) is 0. The summed E-state index contributed by atoms with van der Waals surface area (Å²) < 4.78 is 1.84. The standard InChI is InChI=1S/C20H27N7O/c1-7-27-20(26(5)6)22-18(25-27)15-9-8-10-16(11-15)19(28)21-12(2)17-13(3)23-24-14(17)4/h8-12H,7H2,1-6H3,(H,21,28)(H,23,24)/t12-/m0/s1. The molecule has 0 saturated carbocycles. The van der Waals surface area contributed by atoms with Crippen LogP contribution in [0.25, 0.3) is 11.4 Å². The molecule has 0 fully saturated rings. The molecular formula is C20H27N7O. The van der Waals surface area contributed by atoms with Crippen molar-refractivity contribution in [3.8, 4) is 11.4 Å². The Labute approximate surface area is 165 Å². The number of rotatable bonds is 6. The summed E-state index contributed by atoms with van der Waals surface area (Å²) in [5.41, 5.74) is 4.26. The quantitative estimate of drug-likeness (QED) is 0.685. The van der Waals surface area contributed by atoms with Crippen LogP contribution in [0.15, 0.2) is 24.3 Å². The highest BCUT2D eigenvalue weighted by molar-refractivity contribution is 5.95. The van der Waals surface area contributed by atoms with Gasteiger partial charge in [0.2, 0.25) is 5.95 Å². The van der Waals surface area contributed by atoms with Gasteiger partial charge < -0.3 is 10.2 Å². The molecule has 0 spiro atoms. The van der Waals surface area contributed by atoms with Crippen molar-refractivity contribution in [3.05, 3.63) is 46.8 Å². The summed E-state index contributed by atoms with van der Waals surface area (Å²) in [6.45, 7) is 8.59. The number of H-pyrrole nitrogens is 1. The first-order valence-electron chi connectivity index (χ1n) is 9.36. The third kappa shape index (κ3) is 3.76. The molecule has 0 saturated heterocycles. The van der Waals surface area contributed by atoms with E-state index in [1.165, 1.54) is 0 Å². The van der Waals surface area contributed by atoms with Gasteiger partial charge in [0.05, 0.1) is 11.7 Å². The lowest BCUT2D eigenvalue weighted by molar-refractivity contribution is 0.0940. The third-order valence-corrected chi connectivity index (χ3v) is 4.70. The maximum absolute atomic E-state index is 12.8. The van der Waals surface area contributed by atoms with Crippen molar-refractivity contribution in [2.24, 2.45) is 0 Å². The fourth-order valence-corrected chi connectivity index (χ4v) is 3.35. The van der Waals surface area contributed by atoms with Crippen molar-refractivity contribution in [1.82, 2.24) is 30.3 Å². The Morgan fingerprint density at radius 2 is 2.07 bits per heavy atom. The summed E-state index contributed by atoms with van der Waals surface area (Å²) in [5.74, 6) is 1.25. The molecule has 2 N–H and O–H groups in total. The summed E-state index contributed by atoms with van der Waals surface area (Å²) in [4.78, 5) is 19.3. The molecule has 0 bridgehead atoms. The Balaban J connectivity index is 1.84. The minimum absolute atomic E-state index is 0.142. The van der Waals surface area contributed by atoms with Gasteiger partial charge in [0.25, 0.3) is 5.91 Å². The minimum atomic E-state index is -0.146. The molecule has 28 heavy (non-hydrogen) atoms. The fraction of sp³-hybridized carbons (Fsp3) is 0.400. The Bertz CT molecular complexity index is 967. The zero-order chi connectivity index (χ0) is 20.4. The molecule has 3 aromatic rings. The third-order valence-electron chi connectivity index (χ3n) is 4.70. The largest absolute Gasteiger partial charge is 0.347 e. The Morgan fingerprint density at radius 3 is 2.64 bits per heavy atom. The number of benzene rings is 1. The highest BCUT2D eigenvalue weighted by atomic mass is 16.1. The Hall–Kier alpha value is -3.16. The first-order chi connectivity index (χ1) is 13.3. The lowest BCUT2D eigenvalue weighted by atomic mass is 10.1. The lowest BCUT2D eigenvalue weighted by Gasteiger charge is -2.15. The zero-order valence-electron chi connectivity index (χ0n) is 17.2. The number of amides is 1. The van der Waals surface area contributed by atoms with Crippen molar-refractivity contribution < 1.29 is 4.79 Å². The van der Waals surface area contributed by atoms with E-state index < -0.39 is 0 Å². The number of carbonyl (C=O) groups excluding carboxylic acids is 1. The van der Waals surface area contributed by atoms with Crippen molar-refractivity contribution in [3.63, 3.8) is 0 Å². The predicted octanol–water partition coefficient (Wildman–Crippen LogP) is 2.86. The smallest absolute Gasteiger partial charge is 0.251 e. The number of aromatic amines is 1. The van der Waals surface area contributed by atoms with Gasteiger partial charge in [-0.1, -0.05) is 12.1 Å². The molecule has 1 atom stereocenters. The second-order valence-corrected chi connectivity index (χ2v) is 7.07. The van der Waals surface area contributed by atoms with Gasteiger partial charge in [-0.25, -0.2) is 4.68 Å². The average molecular weight is 381 g/mol. The molecule has 148 valence electrons. The number of aromatic nitrogens is 5. The first-order valence-corrected chi connectivity index (χ1v) is 9.36. The van der Waals surface area contributed by atoms with Crippen molar-refractivity contribution in [2.75, 3.05) is 19.0 Å². The number of hydrogen-bond donors (Lipinski definition) is 2. The van der Waals surface area contributed by atoms with Gasteiger partial charge in [0, 0.05) is 43.0 Å². The average Bonchev–Trinajstić information content (AvgIpc) is 3.25. The summed E-state index contributed by atoms with van der Waals surface area (Å²) >= 11 is 0. The molecule has 8 heteroatoms. The van der Waals surface area contributed by atoms with Gasteiger partial charge in [0.1, 0.15) is 0 Å². The van der Waals surface area contributed by atoms with Gasteiger partial charge in [-0.2, -0.15) is 10.1 Å². The predicted molar refractivity (Wildman–Crippen MR) is 109 cm³/mol. The molecule has 1 aromatic carbocycles. The van der Waals surface area contributed by atoms with Gasteiger partial charge in [-0.15, -0.1) is 5.10 Å². The zero-order valence-corrected chi connectivity index (χ0v) is 17.2. The van der Waals surface area contributed by atoms with Gasteiger partial charge >= 0.3 is 0 Å². The van der Waals surface area contributed by atoms with E-state index in [9.17, 15) is 4.79 Å². The van der Waals surface area contributed by atoms with Crippen LogP contribution in [0.4, 0.5) is 5.95 Å². The van der Waals surface area contributed by atoms with Crippen molar-refractivity contribution >= 4 is 11.9 Å². The number of carbonyl (C=O) groups is 1. The SMILES string of the molecule is CCn1nc(-c2cccc(C(=O)N[C@@H](C)c3c(C)n[nH]c3C)c2)nc1N(C)C. The molecule has 8 nitrogen and oxygen atoms in total. The van der Waals surface area contributed by atoms with Crippen molar-refractivity contribution in [2.45, 2.75) is 40.3 Å². The summed E-state index contributed by atoms with van der Waals surface area (Å²) in [7, 11) is 3.87. The van der Waals surface area contributed by atoms with E-state index in [4.69, 9.17) is 0 Å². The molecule has 3 rings (SSSR count). The number of nitrogens with zero attached hydrogens (tertiary/aromatic N) is 5. The molecule has 0 aliphatic heterocycles. The molecular weight excluding hydrogens is 354 g/mol. The summed E-state index contributed by atoms with van der Waals surface area (Å²) in [5, 5.41) is 14.8. The Kier molecular flexibility index (Phi) is 5.48. The van der Waals surface area contributed by atoms with Crippen LogP contribution in [-0.2, 0) is 6.54 Å². The van der Waals surface area contributed by atoms with Gasteiger partial charge in [-0.3, -0.25) is 9.89 Å². The van der Waals surface area contributed by atoms with Gasteiger partial charge in [-0.05, 0) is 39.8 Å². The summed E-state index contributed by atoms with van der Waals surface area (Å²) in [6, 6.07) is 7.24. The van der Waals surface area contributed by atoms with E-state index in [1.54, 1.807) is 6.07 Å². The van der Waals surface area contributed by atoms with E-state index in [0.29, 0.717) is 11.4 Å². The second-order valence-electron chi connectivity index (χ2n) is 7.07. The van der Waals surface area contributed by atoms with Crippen LogP contribution < -0.4 is 10.2 Å². The molecule has 1 amide bonds. The molecule has 0 aliphatic rings. The van der Waals surface area contributed by atoms with Crippen LogP contribution in [0.2, 0.25) is 0 Å².